The van der Waals surface area contributed by atoms with E-state index in [9.17, 15) is 4.79 Å². The van der Waals surface area contributed by atoms with E-state index >= 15 is 0 Å². The molecule has 0 spiro atoms. The molecule has 1 unspecified atom stereocenters. The molecular formula is C20H22N4OS. The average molecular weight is 366 g/mol. The summed E-state index contributed by atoms with van der Waals surface area (Å²) >= 11 is 1.77. The molecule has 0 fully saturated rings. The molecule has 1 atom stereocenters. The minimum Gasteiger partial charge on any atom is -0.293 e. The molecule has 1 aromatic carbocycles. The number of Topliss-reactive ketones (excluding diaryl/α,β-unsaturated/α-hetero) is 1. The van der Waals surface area contributed by atoms with Crippen molar-refractivity contribution in [2.24, 2.45) is 0 Å². The highest BCUT2D eigenvalue weighted by molar-refractivity contribution is 8.00. The average Bonchev–Trinajstić information content (AvgIpc) is 3.27. The number of rotatable bonds is 5. The maximum absolute atomic E-state index is 12.9. The number of carbonyl (C=O) groups is 1. The summed E-state index contributed by atoms with van der Waals surface area (Å²) < 4.78 is 1.95. The highest BCUT2D eigenvalue weighted by atomic mass is 32.2. The Morgan fingerprint density at radius 1 is 1.35 bits per heavy atom. The van der Waals surface area contributed by atoms with Crippen molar-refractivity contribution in [3.05, 3.63) is 64.7 Å². The Morgan fingerprint density at radius 2 is 2.19 bits per heavy atom. The molecule has 1 aliphatic rings. The summed E-state index contributed by atoms with van der Waals surface area (Å²) in [4.78, 5) is 17.1. The fourth-order valence-corrected chi connectivity index (χ4v) is 5.07. The second-order valence-electron chi connectivity index (χ2n) is 6.74. The number of nitrogens with zero attached hydrogens (tertiary/aromatic N) is 3. The fourth-order valence-electron chi connectivity index (χ4n) is 3.81. The van der Waals surface area contributed by atoms with E-state index in [0.717, 1.165) is 29.8 Å². The van der Waals surface area contributed by atoms with Crippen LogP contribution >= 0.6 is 11.8 Å². The van der Waals surface area contributed by atoms with Gasteiger partial charge < -0.3 is 0 Å². The van der Waals surface area contributed by atoms with Gasteiger partial charge in [-0.25, -0.2) is 5.10 Å². The Balaban J connectivity index is 1.51. The highest BCUT2D eigenvalue weighted by Crippen LogP contribution is 2.39. The van der Waals surface area contributed by atoms with E-state index in [4.69, 9.17) is 0 Å². The Bertz CT molecular complexity index is 929. The molecule has 6 heteroatoms. The summed E-state index contributed by atoms with van der Waals surface area (Å²) in [5.41, 5.74) is 5.51. The lowest BCUT2D eigenvalue weighted by Gasteiger charge is -2.24. The van der Waals surface area contributed by atoms with Crippen LogP contribution in [0.2, 0.25) is 0 Å². The smallest absolute Gasteiger partial charge is 0.229 e. The van der Waals surface area contributed by atoms with Gasteiger partial charge in [0, 0.05) is 22.2 Å². The molecule has 0 bridgehead atoms. The van der Waals surface area contributed by atoms with Gasteiger partial charge in [0.05, 0.1) is 5.75 Å². The van der Waals surface area contributed by atoms with Gasteiger partial charge in [-0.2, -0.15) is 10.1 Å². The van der Waals surface area contributed by atoms with Gasteiger partial charge in [-0.15, -0.1) is 11.8 Å². The van der Waals surface area contributed by atoms with Crippen LogP contribution in [0, 0.1) is 13.8 Å². The molecule has 4 rings (SSSR count). The molecule has 0 radical (unpaired) electrons. The van der Waals surface area contributed by atoms with Crippen molar-refractivity contribution in [2.75, 3.05) is 5.75 Å². The number of thioether (sulfide) groups is 1. The first-order valence-electron chi connectivity index (χ1n) is 8.92. The summed E-state index contributed by atoms with van der Waals surface area (Å²) in [6, 6.07) is 10.6. The normalized spacial score (nSPS) is 16.5. The summed E-state index contributed by atoms with van der Waals surface area (Å²) in [6.07, 6.45) is 4.97. The SMILES string of the molecule is Cc1cc(C(=O)CSC2CCCc3ccccc32)c(C)n1-c1ncn[nH]1. The molecule has 0 saturated carbocycles. The summed E-state index contributed by atoms with van der Waals surface area (Å²) in [6.45, 7) is 3.94. The number of fused-ring (bicyclic) bond motifs is 1. The third-order valence-electron chi connectivity index (χ3n) is 5.08. The van der Waals surface area contributed by atoms with Crippen LogP contribution in [0.4, 0.5) is 0 Å². The molecule has 0 aliphatic heterocycles. The largest absolute Gasteiger partial charge is 0.293 e. The predicted octanol–water partition coefficient (Wildman–Crippen LogP) is 4.21. The molecule has 26 heavy (non-hydrogen) atoms. The Kier molecular flexibility index (Phi) is 4.68. The number of benzene rings is 1. The Hall–Kier alpha value is -2.34. The molecule has 1 N–H and O–H groups in total. The molecule has 3 aromatic rings. The number of carbonyl (C=O) groups excluding carboxylic acids is 1. The standard InChI is InChI=1S/C20H22N4OS/c1-13-10-17(14(2)24(13)20-21-12-22-23-20)18(25)11-26-19-9-5-7-15-6-3-4-8-16(15)19/h3-4,6,8,10,12,19H,5,7,9,11H2,1-2H3,(H,21,22,23). The quantitative estimate of drug-likeness (QED) is 0.687. The van der Waals surface area contributed by atoms with Crippen molar-refractivity contribution >= 4 is 17.5 Å². The first-order chi connectivity index (χ1) is 12.6. The number of nitrogens with one attached hydrogen (secondary N) is 1. The maximum atomic E-state index is 12.9. The van der Waals surface area contributed by atoms with E-state index in [1.165, 1.54) is 23.9 Å². The van der Waals surface area contributed by atoms with Crippen LogP contribution in [0.25, 0.3) is 5.95 Å². The van der Waals surface area contributed by atoms with Gasteiger partial charge in [0.2, 0.25) is 5.95 Å². The Labute approximate surface area is 157 Å². The van der Waals surface area contributed by atoms with Gasteiger partial charge in [-0.05, 0) is 50.3 Å². The number of hydrogen-bond donors (Lipinski definition) is 1. The van der Waals surface area contributed by atoms with E-state index in [2.05, 4.69) is 39.4 Å². The van der Waals surface area contributed by atoms with Gasteiger partial charge in [-0.1, -0.05) is 24.3 Å². The number of hydrogen-bond acceptors (Lipinski definition) is 4. The summed E-state index contributed by atoms with van der Waals surface area (Å²) in [5, 5.41) is 7.19. The molecule has 1 aliphatic carbocycles. The van der Waals surface area contributed by atoms with Crippen LogP contribution in [-0.2, 0) is 6.42 Å². The van der Waals surface area contributed by atoms with Crippen molar-refractivity contribution in [1.82, 2.24) is 19.7 Å². The molecule has 2 heterocycles. The van der Waals surface area contributed by atoms with Crippen LogP contribution in [0.3, 0.4) is 0 Å². The van der Waals surface area contributed by atoms with Crippen molar-refractivity contribution in [1.29, 1.82) is 0 Å². The van der Waals surface area contributed by atoms with Crippen LogP contribution in [-0.4, -0.2) is 31.3 Å². The highest BCUT2D eigenvalue weighted by Gasteiger charge is 2.23. The second kappa shape index (κ2) is 7.11. The van der Waals surface area contributed by atoms with E-state index in [1.54, 1.807) is 11.8 Å². The number of ketones is 1. The zero-order valence-corrected chi connectivity index (χ0v) is 15.8. The number of H-pyrrole nitrogens is 1. The second-order valence-corrected chi connectivity index (χ2v) is 7.93. The van der Waals surface area contributed by atoms with Crippen molar-refractivity contribution < 1.29 is 4.79 Å². The Morgan fingerprint density at radius 3 is 3.00 bits per heavy atom. The van der Waals surface area contributed by atoms with E-state index in [1.807, 2.05) is 24.5 Å². The van der Waals surface area contributed by atoms with E-state index in [-0.39, 0.29) is 5.78 Å². The van der Waals surface area contributed by atoms with Gasteiger partial charge in [0.1, 0.15) is 6.33 Å². The van der Waals surface area contributed by atoms with Gasteiger partial charge in [0.15, 0.2) is 5.78 Å². The predicted molar refractivity (Wildman–Crippen MR) is 104 cm³/mol. The monoisotopic (exact) mass is 366 g/mol. The van der Waals surface area contributed by atoms with Gasteiger partial charge in [0.25, 0.3) is 0 Å². The third-order valence-corrected chi connectivity index (χ3v) is 6.40. The zero-order valence-electron chi connectivity index (χ0n) is 15.0. The van der Waals surface area contributed by atoms with Crippen molar-refractivity contribution in [3.8, 4) is 5.95 Å². The summed E-state index contributed by atoms with van der Waals surface area (Å²) in [7, 11) is 0. The third kappa shape index (κ3) is 3.09. The van der Waals surface area contributed by atoms with Gasteiger partial charge >= 0.3 is 0 Å². The van der Waals surface area contributed by atoms with Gasteiger partial charge in [-0.3, -0.25) is 9.36 Å². The molecular weight excluding hydrogens is 344 g/mol. The zero-order chi connectivity index (χ0) is 18.1. The van der Waals surface area contributed by atoms with Crippen LogP contribution in [0.1, 0.15) is 51.0 Å². The maximum Gasteiger partial charge on any atom is 0.229 e. The first-order valence-corrected chi connectivity index (χ1v) is 9.97. The fraction of sp³-hybridized carbons (Fsp3) is 0.350. The van der Waals surface area contributed by atoms with Crippen molar-refractivity contribution in [2.45, 2.75) is 38.4 Å². The van der Waals surface area contributed by atoms with Crippen LogP contribution in [0.15, 0.2) is 36.7 Å². The number of aromatic nitrogens is 4. The molecule has 0 amide bonds. The van der Waals surface area contributed by atoms with E-state index in [0.29, 0.717) is 17.0 Å². The molecule has 5 nitrogen and oxygen atoms in total. The van der Waals surface area contributed by atoms with Crippen molar-refractivity contribution in [3.63, 3.8) is 0 Å². The summed E-state index contributed by atoms with van der Waals surface area (Å²) in [5.74, 6) is 1.32. The number of aryl methyl sites for hydroxylation is 2. The molecule has 134 valence electrons. The van der Waals surface area contributed by atoms with Crippen LogP contribution in [0.5, 0.6) is 0 Å². The van der Waals surface area contributed by atoms with E-state index < -0.39 is 0 Å². The van der Waals surface area contributed by atoms with Crippen LogP contribution < -0.4 is 0 Å². The first kappa shape index (κ1) is 17.1. The molecule has 2 aromatic heterocycles. The number of aromatic amines is 1. The minimum absolute atomic E-state index is 0.178. The minimum atomic E-state index is 0.178. The molecule has 0 saturated heterocycles. The lowest BCUT2D eigenvalue weighted by Crippen LogP contribution is -2.11. The lowest BCUT2D eigenvalue weighted by atomic mass is 9.91. The topological polar surface area (TPSA) is 63.6 Å². The lowest BCUT2D eigenvalue weighted by molar-refractivity contribution is 0.102.